The van der Waals surface area contributed by atoms with Gasteiger partial charge in [0.25, 0.3) is 0 Å². The first-order valence-corrected chi connectivity index (χ1v) is 7.12. The van der Waals surface area contributed by atoms with Crippen LogP contribution < -0.4 is 16.4 Å². The molecule has 0 heterocycles. The van der Waals surface area contributed by atoms with E-state index in [9.17, 15) is 4.79 Å². The Labute approximate surface area is 133 Å². The topological polar surface area (TPSA) is 67.1 Å². The van der Waals surface area contributed by atoms with E-state index < -0.39 is 0 Å². The summed E-state index contributed by atoms with van der Waals surface area (Å²) >= 11 is 11.8. The lowest BCUT2D eigenvalue weighted by atomic mass is 10.1. The summed E-state index contributed by atoms with van der Waals surface area (Å²) in [5.74, 6) is 0. The van der Waals surface area contributed by atoms with E-state index in [1.807, 2.05) is 24.3 Å². The van der Waals surface area contributed by atoms with E-state index in [1.54, 1.807) is 18.2 Å². The number of anilines is 1. The molecule has 4 nitrogen and oxygen atoms in total. The van der Waals surface area contributed by atoms with Crippen LogP contribution in [0.3, 0.4) is 0 Å². The number of halogens is 2. The molecule has 0 saturated heterocycles. The van der Waals surface area contributed by atoms with Crippen molar-refractivity contribution < 1.29 is 4.79 Å². The molecule has 0 fully saturated rings. The largest absolute Gasteiger partial charge is 0.334 e. The Morgan fingerprint density at radius 1 is 1.10 bits per heavy atom. The Morgan fingerprint density at radius 2 is 1.86 bits per heavy atom. The number of benzene rings is 2. The molecule has 0 spiro atoms. The van der Waals surface area contributed by atoms with Crippen LogP contribution in [0.5, 0.6) is 0 Å². The number of urea groups is 1. The maximum atomic E-state index is 11.9. The van der Waals surface area contributed by atoms with Gasteiger partial charge in [-0.25, -0.2) is 4.79 Å². The average molecular weight is 324 g/mol. The van der Waals surface area contributed by atoms with Crippen LogP contribution >= 0.6 is 23.2 Å². The van der Waals surface area contributed by atoms with Gasteiger partial charge in [0.05, 0.1) is 10.7 Å². The molecule has 4 N–H and O–H groups in total. The molecule has 2 aromatic rings. The summed E-state index contributed by atoms with van der Waals surface area (Å²) in [4.78, 5) is 11.9. The second-order valence-corrected chi connectivity index (χ2v) is 5.30. The lowest BCUT2D eigenvalue weighted by molar-refractivity contribution is 0.251. The first-order valence-electron chi connectivity index (χ1n) is 6.36. The van der Waals surface area contributed by atoms with E-state index in [2.05, 4.69) is 10.6 Å². The number of carbonyl (C=O) groups excluding carboxylic acids is 1. The second-order valence-electron chi connectivity index (χ2n) is 4.46. The van der Waals surface area contributed by atoms with Gasteiger partial charge in [-0.05, 0) is 29.3 Å². The van der Waals surface area contributed by atoms with Gasteiger partial charge >= 0.3 is 6.03 Å². The van der Waals surface area contributed by atoms with Gasteiger partial charge in [0.1, 0.15) is 0 Å². The van der Waals surface area contributed by atoms with Crippen molar-refractivity contribution in [3.05, 3.63) is 63.6 Å². The Balaban J connectivity index is 1.94. The third-order valence-corrected chi connectivity index (χ3v) is 3.42. The molecule has 2 amide bonds. The number of carbonyl (C=O) groups is 1. The summed E-state index contributed by atoms with van der Waals surface area (Å²) in [6.45, 7) is 0.871. The van der Waals surface area contributed by atoms with Crippen LogP contribution in [0.15, 0.2) is 42.5 Å². The summed E-state index contributed by atoms with van der Waals surface area (Å²) < 4.78 is 0. The van der Waals surface area contributed by atoms with Crippen molar-refractivity contribution >= 4 is 34.9 Å². The third kappa shape index (κ3) is 4.63. The third-order valence-electron chi connectivity index (χ3n) is 2.86. The first-order chi connectivity index (χ1) is 10.1. The molecule has 0 atom stereocenters. The van der Waals surface area contributed by atoms with E-state index in [0.717, 1.165) is 11.1 Å². The van der Waals surface area contributed by atoms with Gasteiger partial charge < -0.3 is 16.4 Å². The number of rotatable bonds is 4. The predicted octanol–water partition coefficient (Wildman–Crippen LogP) is 3.77. The quantitative estimate of drug-likeness (QED) is 0.801. The zero-order valence-electron chi connectivity index (χ0n) is 11.2. The number of nitrogens with one attached hydrogen (secondary N) is 2. The maximum Gasteiger partial charge on any atom is 0.319 e. The van der Waals surface area contributed by atoms with E-state index in [1.165, 1.54) is 0 Å². The van der Waals surface area contributed by atoms with Gasteiger partial charge in [0, 0.05) is 18.1 Å². The van der Waals surface area contributed by atoms with Crippen molar-refractivity contribution in [1.29, 1.82) is 0 Å². The SMILES string of the molecule is NCc1cccc(CNC(=O)Nc2cc(Cl)ccc2Cl)c1. The molecule has 0 saturated carbocycles. The van der Waals surface area contributed by atoms with Gasteiger partial charge in [-0.1, -0.05) is 47.5 Å². The smallest absolute Gasteiger partial charge is 0.319 e. The van der Waals surface area contributed by atoms with Crippen LogP contribution in [0, 0.1) is 0 Å². The van der Waals surface area contributed by atoms with Crippen molar-refractivity contribution in [2.45, 2.75) is 13.1 Å². The molecule has 110 valence electrons. The number of nitrogens with two attached hydrogens (primary N) is 1. The molecule has 2 aromatic carbocycles. The molecule has 0 bridgehead atoms. The fourth-order valence-corrected chi connectivity index (χ4v) is 2.15. The highest BCUT2D eigenvalue weighted by Crippen LogP contribution is 2.25. The molecule has 0 aliphatic carbocycles. The highest BCUT2D eigenvalue weighted by molar-refractivity contribution is 6.35. The van der Waals surface area contributed by atoms with Crippen molar-refractivity contribution in [2.24, 2.45) is 5.73 Å². The minimum Gasteiger partial charge on any atom is -0.334 e. The Morgan fingerprint density at radius 3 is 2.62 bits per heavy atom. The molecule has 0 aromatic heterocycles. The fourth-order valence-electron chi connectivity index (χ4n) is 1.81. The summed E-state index contributed by atoms with van der Waals surface area (Å²) in [6, 6.07) is 12.3. The lowest BCUT2D eigenvalue weighted by Gasteiger charge is -2.10. The molecule has 6 heteroatoms. The Bertz CT molecular complexity index is 647. The van der Waals surface area contributed by atoms with Gasteiger partial charge in [-0.2, -0.15) is 0 Å². The number of amides is 2. The lowest BCUT2D eigenvalue weighted by Crippen LogP contribution is -2.28. The number of hydrogen-bond acceptors (Lipinski definition) is 2. The van der Waals surface area contributed by atoms with Gasteiger partial charge in [0.2, 0.25) is 0 Å². The van der Waals surface area contributed by atoms with E-state index in [4.69, 9.17) is 28.9 Å². The minimum atomic E-state index is -0.350. The van der Waals surface area contributed by atoms with Crippen molar-refractivity contribution in [2.75, 3.05) is 5.32 Å². The number of hydrogen-bond donors (Lipinski definition) is 3. The van der Waals surface area contributed by atoms with Gasteiger partial charge in [-0.3, -0.25) is 0 Å². The van der Waals surface area contributed by atoms with E-state index >= 15 is 0 Å². The van der Waals surface area contributed by atoms with Crippen LogP contribution in [0.1, 0.15) is 11.1 Å². The summed E-state index contributed by atoms with van der Waals surface area (Å²) in [7, 11) is 0. The summed E-state index contributed by atoms with van der Waals surface area (Å²) in [5, 5.41) is 6.35. The first kappa shape index (κ1) is 15.6. The van der Waals surface area contributed by atoms with Crippen molar-refractivity contribution in [1.82, 2.24) is 5.32 Å². The predicted molar refractivity (Wildman–Crippen MR) is 86.7 cm³/mol. The second kappa shape index (κ2) is 7.31. The van der Waals surface area contributed by atoms with Crippen molar-refractivity contribution in [3.8, 4) is 0 Å². The molecule has 2 rings (SSSR count). The van der Waals surface area contributed by atoms with Gasteiger partial charge in [-0.15, -0.1) is 0 Å². The van der Waals surface area contributed by atoms with Crippen LogP contribution in [0.25, 0.3) is 0 Å². The fraction of sp³-hybridized carbons (Fsp3) is 0.133. The van der Waals surface area contributed by atoms with Crippen molar-refractivity contribution in [3.63, 3.8) is 0 Å². The summed E-state index contributed by atoms with van der Waals surface area (Å²) in [5.41, 5.74) is 8.05. The zero-order chi connectivity index (χ0) is 15.2. The minimum absolute atomic E-state index is 0.350. The molecule has 21 heavy (non-hydrogen) atoms. The standard InChI is InChI=1S/C15H15Cl2N3O/c16-12-4-5-13(17)14(7-12)20-15(21)19-9-11-3-1-2-10(6-11)8-18/h1-7H,8-9,18H2,(H2,19,20,21). The summed E-state index contributed by atoms with van der Waals surface area (Å²) in [6.07, 6.45) is 0. The highest BCUT2D eigenvalue weighted by atomic mass is 35.5. The molecule has 0 radical (unpaired) electrons. The maximum absolute atomic E-state index is 11.9. The molecule has 0 aliphatic heterocycles. The van der Waals surface area contributed by atoms with Crippen LogP contribution in [-0.2, 0) is 13.1 Å². The van der Waals surface area contributed by atoms with Crippen LogP contribution in [0.4, 0.5) is 10.5 Å². The molecule has 0 aliphatic rings. The Kier molecular flexibility index (Phi) is 5.44. The molecule has 0 unspecified atom stereocenters. The van der Waals surface area contributed by atoms with E-state index in [0.29, 0.717) is 28.8 Å². The average Bonchev–Trinajstić information content (AvgIpc) is 2.49. The van der Waals surface area contributed by atoms with Gasteiger partial charge in [0.15, 0.2) is 0 Å². The zero-order valence-corrected chi connectivity index (χ0v) is 12.7. The molecular formula is C15H15Cl2N3O. The highest BCUT2D eigenvalue weighted by Gasteiger charge is 2.06. The van der Waals surface area contributed by atoms with E-state index in [-0.39, 0.29) is 6.03 Å². The normalized spacial score (nSPS) is 10.2. The Hall–Kier alpha value is -1.75. The molecular weight excluding hydrogens is 309 g/mol. The van der Waals surface area contributed by atoms with Crippen LogP contribution in [0.2, 0.25) is 10.0 Å². The van der Waals surface area contributed by atoms with Crippen LogP contribution in [-0.4, -0.2) is 6.03 Å². The monoisotopic (exact) mass is 323 g/mol.